The van der Waals surface area contributed by atoms with Crippen LogP contribution >= 0.6 is 0 Å². The number of hydrogen-bond donors (Lipinski definition) is 2. The summed E-state index contributed by atoms with van der Waals surface area (Å²) in [7, 11) is 0. The third kappa shape index (κ3) is 4.02. The normalized spacial score (nSPS) is 19.7. The quantitative estimate of drug-likeness (QED) is 0.778. The number of benzene rings is 2. The van der Waals surface area contributed by atoms with E-state index in [2.05, 4.69) is 17.2 Å². The molecule has 1 saturated heterocycles. The van der Waals surface area contributed by atoms with Crippen molar-refractivity contribution in [1.82, 2.24) is 10.6 Å². The molecule has 26 heavy (non-hydrogen) atoms. The van der Waals surface area contributed by atoms with Gasteiger partial charge in [0, 0.05) is 18.7 Å². The maximum atomic E-state index is 14.0. The van der Waals surface area contributed by atoms with Gasteiger partial charge in [-0.15, -0.1) is 6.58 Å². The lowest BCUT2D eigenvalue weighted by Crippen LogP contribution is -2.51. The summed E-state index contributed by atoms with van der Waals surface area (Å²) < 4.78 is 14.0. The highest BCUT2D eigenvalue weighted by molar-refractivity contribution is 5.83. The first-order valence-corrected chi connectivity index (χ1v) is 9.08. The first kappa shape index (κ1) is 18.3. The number of nitrogens with one attached hydrogen (secondary N) is 2. The molecule has 2 aromatic rings. The molecule has 0 aromatic heterocycles. The van der Waals surface area contributed by atoms with Crippen LogP contribution in [0.5, 0.6) is 0 Å². The van der Waals surface area contributed by atoms with Gasteiger partial charge in [0.15, 0.2) is 0 Å². The molecule has 1 amide bonds. The average molecular weight is 352 g/mol. The van der Waals surface area contributed by atoms with Crippen LogP contribution in [0.2, 0.25) is 0 Å². The zero-order chi connectivity index (χ0) is 18.4. The summed E-state index contributed by atoms with van der Waals surface area (Å²) >= 11 is 0. The monoisotopic (exact) mass is 352 g/mol. The Labute approximate surface area is 154 Å². The Morgan fingerprint density at radius 1 is 1.23 bits per heavy atom. The zero-order valence-electron chi connectivity index (χ0n) is 14.9. The van der Waals surface area contributed by atoms with Crippen LogP contribution in [-0.2, 0) is 11.2 Å². The van der Waals surface area contributed by atoms with Crippen LogP contribution in [0.25, 0.3) is 11.1 Å². The first-order valence-electron chi connectivity index (χ1n) is 9.08. The van der Waals surface area contributed by atoms with Crippen molar-refractivity contribution in [3.05, 3.63) is 72.6 Å². The highest BCUT2D eigenvalue weighted by Crippen LogP contribution is 2.32. The molecule has 0 saturated carbocycles. The molecule has 1 atom stereocenters. The van der Waals surface area contributed by atoms with Crippen molar-refractivity contribution in [3.8, 4) is 11.1 Å². The van der Waals surface area contributed by atoms with E-state index >= 15 is 0 Å². The van der Waals surface area contributed by atoms with Gasteiger partial charge in [-0.05, 0) is 43.0 Å². The van der Waals surface area contributed by atoms with Crippen LogP contribution in [0.4, 0.5) is 4.39 Å². The van der Waals surface area contributed by atoms with Crippen molar-refractivity contribution in [2.75, 3.05) is 19.6 Å². The fraction of sp³-hybridized carbons (Fsp3) is 0.318. The molecule has 3 nitrogen and oxygen atoms in total. The number of amides is 1. The number of hydrogen-bond acceptors (Lipinski definition) is 2. The van der Waals surface area contributed by atoms with Gasteiger partial charge in [0.05, 0.1) is 5.41 Å². The van der Waals surface area contributed by atoms with E-state index in [4.69, 9.17) is 0 Å². The van der Waals surface area contributed by atoms with E-state index in [9.17, 15) is 9.18 Å². The number of halogens is 1. The minimum absolute atomic E-state index is 0.0720. The van der Waals surface area contributed by atoms with Crippen LogP contribution in [0.15, 0.2) is 61.2 Å². The van der Waals surface area contributed by atoms with Crippen LogP contribution in [0.1, 0.15) is 18.4 Å². The van der Waals surface area contributed by atoms with E-state index < -0.39 is 5.41 Å². The topological polar surface area (TPSA) is 41.1 Å². The summed E-state index contributed by atoms with van der Waals surface area (Å²) in [5, 5.41) is 6.32. The predicted octanol–water partition coefficient (Wildman–Crippen LogP) is 3.71. The van der Waals surface area contributed by atoms with E-state index in [1.54, 1.807) is 18.2 Å². The molecule has 1 heterocycles. The lowest BCUT2D eigenvalue weighted by molar-refractivity contribution is -0.131. The lowest BCUT2D eigenvalue weighted by atomic mass is 9.74. The average Bonchev–Trinajstić information content (AvgIpc) is 2.68. The Morgan fingerprint density at radius 3 is 2.65 bits per heavy atom. The molecule has 1 aliphatic rings. The molecule has 1 fully saturated rings. The van der Waals surface area contributed by atoms with Crippen molar-refractivity contribution in [1.29, 1.82) is 0 Å². The van der Waals surface area contributed by atoms with Crippen LogP contribution in [-0.4, -0.2) is 25.5 Å². The maximum Gasteiger partial charge on any atom is 0.228 e. The first-order chi connectivity index (χ1) is 12.6. The maximum absolute atomic E-state index is 14.0. The van der Waals surface area contributed by atoms with Crippen molar-refractivity contribution in [2.24, 2.45) is 5.41 Å². The van der Waals surface area contributed by atoms with Gasteiger partial charge >= 0.3 is 0 Å². The van der Waals surface area contributed by atoms with Gasteiger partial charge in [-0.3, -0.25) is 4.79 Å². The third-order valence-electron chi connectivity index (χ3n) is 5.04. The number of piperidine rings is 1. The molecule has 0 aliphatic carbocycles. The minimum atomic E-state index is -0.444. The molecule has 3 rings (SSSR count). The fourth-order valence-corrected chi connectivity index (χ4v) is 3.63. The largest absolute Gasteiger partial charge is 0.352 e. The molecule has 0 bridgehead atoms. The zero-order valence-corrected chi connectivity index (χ0v) is 14.9. The van der Waals surface area contributed by atoms with Crippen LogP contribution < -0.4 is 10.6 Å². The van der Waals surface area contributed by atoms with Crippen molar-refractivity contribution in [2.45, 2.75) is 19.3 Å². The molecule has 0 radical (unpaired) electrons. The Morgan fingerprint density at radius 2 is 2.00 bits per heavy atom. The summed E-state index contributed by atoms with van der Waals surface area (Å²) in [6.07, 6.45) is 4.21. The minimum Gasteiger partial charge on any atom is -0.352 e. The summed E-state index contributed by atoms with van der Waals surface area (Å²) in [6.45, 7) is 5.77. The van der Waals surface area contributed by atoms with E-state index in [0.29, 0.717) is 25.1 Å². The molecular formula is C22H25FN2O. The van der Waals surface area contributed by atoms with Crippen molar-refractivity contribution in [3.63, 3.8) is 0 Å². The van der Waals surface area contributed by atoms with E-state index in [0.717, 1.165) is 30.5 Å². The Kier molecular flexibility index (Phi) is 5.84. The molecule has 2 aromatic carbocycles. The Balaban J connectivity index is 1.80. The smallest absolute Gasteiger partial charge is 0.228 e. The van der Waals surface area contributed by atoms with E-state index in [1.807, 2.05) is 30.3 Å². The van der Waals surface area contributed by atoms with Crippen LogP contribution in [0, 0.1) is 11.2 Å². The molecule has 0 spiro atoms. The molecule has 4 heteroatoms. The Hall–Kier alpha value is -2.46. The van der Waals surface area contributed by atoms with Gasteiger partial charge in [-0.25, -0.2) is 4.39 Å². The van der Waals surface area contributed by atoms with Gasteiger partial charge in [0.2, 0.25) is 5.91 Å². The summed E-state index contributed by atoms with van der Waals surface area (Å²) in [4.78, 5) is 12.8. The molecule has 136 valence electrons. The van der Waals surface area contributed by atoms with Gasteiger partial charge in [-0.1, -0.05) is 48.5 Å². The number of carbonyl (C=O) groups is 1. The predicted molar refractivity (Wildman–Crippen MR) is 103 cm³/mol. The lowest BCUT2D eigenvalue weighted by Gasteiger charge is -2.36. The van der Waals surface area contributed by atoms with Crippen molar-refractivity contribution >= 4 is 5.91 Å². The second kappa shape index (κ2) is 8.28. The summed E-state index contributed by atoms with van der Waals surface area (Å²) in [6, 6.07) is 14.6. The van der Waals surface area contributed by atoms with E-state index in [1.165, 1.54) is 6.07 Å². The standard InChI is InChI=1S/C22H25FN2O/c1-2-13-25-21(26)22(12-5-14-24-16-22)15-17-8-10-18(11-9-17)19-6-3-4-7-20(19)23/h2-4,6-11,24H,1,5,12-16H2,(H,25,26). The molecule has 2 N–H and O–H groups in total. The second-order valence-electron chi connectivity index (χ2n) is 6.91. The highest BCUT2D eigenvalue weighted by atomic mass is 19.1. The number of carbonyl (C=O) groups excluding carboxylic acids is 1. The van der Waals surface area contributed by atoms with Gasteiger partial charge in [-0.2, -0.15) is 0 Å². The molecular weight excluding hydrogens is 327 g/mol. The van der Waals surface area contributed by atoms with E-state index in [-0.39, 0.29) is 11.7 Å². The summed E-state index contributed by atoms with van der Waals surface area (Å²) in [5.41, 5.74) is 2.08. The van der Waals surface area contributed by atoms with Gasteiger partial charge < -0.3 is 10.6 Å². The Bertz CT molecular complexity index is 764. The van der Waals surface area contributed by atoms with Crippen molar-refractivity contribution < 1.29 is 9.18 Å². The van der Waals surface area contributed by atoms with Gasteiger partial charge in [0.1, 0.15) is 5.82 Å². The number of rotatable bonds is 6. The SMILES string of the molecule is C=CCNC(=O)C1(Cc2ccc(-c3ccccc3F)cc2)CCCNC1. The summed E-state index contributed by atoms with van der Waals surface area (Å²) in [5.74, 6) is -0.153. The van der Waals surface area contributed by atoms with Crippen LogP contribution in [0.3, 0.4) is 0 Å². The molecule has 1 unspecified atom stereocenters. The fourth-order valence-electron chi connectivity index (χ4n) is 3.63. The third-order valence-corrected chi connectivity index (χ3v) is 5.04. The second-order valence-corrected chi connectivity index (χ2v) is 6.91. The molecule has 1 aliphatic heterocycles. The van der Waals surface area contributed by atoms with Gasteiger partial charge in [0.25, 0.3) is 0 Å². The highest BCUT2D eigenvalue weighted by Gasteiger charge is 2.39.